The Hall–Kier alpha value is -0.0800. The van der Waals surface area contributed by atoms with Gasteiger partial charge in [-0.05, 0) is 64.0 Å². The fourth-order valence-corrected chi connectivity index (χ4v) is 3.38. The molecule has 0 aromatic rings. The van der Waals surface area contributed by atoms with Crippen molar-refractivity contribution in [3.05, 3.63) is 0 Å². The maximum absolute atomic E-state index is 10.5. The Labute approximate surface area is 93.5 Å². The number of hydrogen-bond acceptors (Lipinski definition) is 2. The molecule has 1 unspecified atom stereocenters. The van der Waals surface area contributed by atoms with E-state index in [9.17, 15) is 5.11 Å². The van der Waals surface area contributed by atoms with E-state index in [2.05, 4.69) is 12.2 Å². The van der Waals surface area contributed by atoms with Crippen molar-refractivity contribution < 1.29 is 5.11 Å². The molecule has 2 fully saturated rings. The van der Waals surface area contributed by atoms with Gasteiger partial charge >= 0.3 is 0 Å². The minimum atomic E-state index is -0.390. The fourth-order valence-electron chi connectivity index (χ4n) is 3.38. The summed E-state index contributed by atoms with van der Waals surface area (Å²) in [6, 6.07) is 0. The van der Waals surface area contributed by atoms with Crippen LogP contribution in [-0.4, -0.2) is 23.8 Å². The Kier molecular flexibility index (Phi) is 3.68. The molecule has 1 saturated heterocycles. The van der Waals surface area contributed by atoms with E-state index >= 15 is 0 Å². The Morgan fingerprint density at radius 3 is 2.33 bits per heavy atom. The lowest BCUT2D eigenvalue weighted by Gasteiger charge is -2.35. The van der Waals surface area contributed by atoms with E-state index in [0.29, 0.717) is 5.92 Å². The molecule has 1 aliphatic heterocycles. The second-order valence-corrected chi connectivity index (χ2v) is 5.74. The van der Waals surface area contributed by atoms with Gasteiger partial charge in [0.1, 0.15) is 0 Å². The maximum Gasteiger partial charge on any atom is 0.0650 e. The quantitative estimate of drug-likeness (QED) is 0.751. The molecule has 0 aromatic carbocycles. The highest BCUT2D eigenvalue weighted by atomic mass is 16.3. The summed E-state index contributed by atoms with van der Waals surface area (Å²) in [5.41, 5.74) is -0.390. The molecule has 1 heterocycles. The summed E-state index contributed by atoms with van der Waals surface area (Å²) in [4.78, 5) is 0. The number of aliphatic hydroxyl groups is 1. The smallest absolute Gasteiger partial charge is 0.0650 e. The largest absolute Gasteiger partial charge is 0.390 e. The molecule has 2 aliphatic rings. The monoisotopic (exact) mass is 211 g/mol. The molecule has 2 nitrogen and oxygen atoms in total. The van der Waals surface area contributed by atoms with Gasteiger partial charge in [0.15, 0.2) is 0 Å². The lowest BCUT2D eigenvalue weighted by atomic mass is 9.78. The Morgan fingerprint density at radius 2 is 1.73 bits per heavy atom. The summed E-state index contributed by atoms with van der Waals surface area (Å²) in [7, 11) is 0. The SMILES string of the molecule is CC(O)(CC1CCNCC1)C1CCCC1. The van der Waals surface area contributed by atoms with Gasteiger partial charge in [-0.25, -0.2) is 0 Å². The molecular weight excluding hydrogens is 186 g/mol. The summed E-state index contributed by atoms with van der Waals surface area (Å²) in [6.45, 7) is 4.36. The van der Waals surface area contributed by atoms with Crippen molar-refractivity contribution in [2.24, 2.45) is 11.8 Å². The van der Waals surface area contributed by atoms with Crippen molar-refractivity contribution in [3.8, 4) is 0 Å². The molecule has 2 N–H and O–H groups in total. The third-order valence-electron chi connectivity index (χ3n) is 4.40. The Balaban J connectivity index is 1.84. The first-order chi connectivity index (χ1) is 7.18. The summed E-state index contributed by atoms with van der Waals surface area (Å²) < 4.78 is 0. The van der Waals surface area contributed by atoms with Crippen LogP contribution in [0.1, 0.15) is 51.9 Å². The zero-order chi connectivity index (χ0) is 10.7. The second-order valence-electron chi connectivity index (χ2n) is 5.74. The fraction of sp³-hybridized carbons (Fsp3) is 1.00. The first-order valence-electron chi connectivity index (χ1n) is 6.61. The topological polar surface area (TPSA) is 32.3 Å². The Morgan fingerprint density at radius 1 is 1.13 bits per heavy atom. The van der Waals surface area contributed by atoms with Crippen LogP contribution >= 0.6 is 0 Å². The standard InChI is InChI=1S/C13H25NO/c1-13(15,12-4-2-3-5-12)10-11-6-8-14-9-7-11/h11-12,14-15H,2-10H2,1H3. The van der Waals surface area contributed by atoms with Crippen molar-refractivity contribution in [1.29, 1.82) is 0 Å². The molecule has 1 saturated carbocycles. The average Bonchev–Trinajstić information content (AvgIpc) is 2.71. The van der Waals surface area contributed by atoms with Crippen LogP contribution in [0.25, 0.3) is 0 Å². The second kappa shape index (κ2) is 4.84. The van der Waals surface area contributed by atoms with Crippen LogP contribution in [0.15, 0.2) is 0 Å². The van der Waals surface area contributed by atoms with E-state index in [1.807, 2.05) is 0 Å². The van der Waals surface area contributed by atoms with E-state index in [-0.39, 0.29) is 0 Å². The van der Waals surface area contributed by atoms with E-state index < -0.39 is 5.60 Å². The zero-order valence-electron chi connectivity index (χ0n) is 9.97. The number of nitrogens with one attached hydrogen (secondary N) is 1. The summed E-state index contributed by atoms with van der Waals surface area (Å²) in [6.07, 6.45) is 8.68. The first-order valence-corrected chi connectivity index (χ1v) is 6.61. The van der Waals surface area contributed by atoms with Gasteiger partial charge in [-0.15, -0.1) is 0 Å². The van der Waals surface area contributed by atoms with Gasteiger partial charge in [-0.3, -0.25) is 0 Å². The first kappa shape index (κ1) is 11.4. The van der Waals surface area contributed by atoms with Crippen molar-refractivity contribution >= 4 is 0 Å². The molecular formula is C13H25NO. The molecule has 1 atom stereocenters. The molecule has 0 bridgehead atoms. The highest BCUT2D eigenvalue weighted by Crippen LogP contribution is 2.38. The van der Waals surface area contributed by atoms with E-state index in [0.717, 1.165) is 25.4 Å². The van der Waals surface area contributed by atoms with Gasteiger partial charge in [-0.1, -0.05) is 12.8 Å². The number of rotatable bonds is 3. The molecule has 1 aliphatic carbocycles. The highest BCUT2D eigenvalue weighted by Gasteiger charge is 2.35. The molecule has 2 heteroatoms. The zero-order valence-corrected chi connectivity index (χ0v) is 9.97. The van der Waals surface area contributed by atoms with Crippen molar-refractivity contribution in [1.82, 2.24) is 5.32 Å². The minimum Gasteiger partial charge on any atom is -0.390 e. The summed E-state index contributed by atoms with van der Waals surface area (Å²) >= 11 is 0. The molecule has 0 radical (unpaired) electrons. The van der Waals surface area contributed by atoms with Gasteiger partial charge in [0, 0.05) is 0 Å². The lowest BCUT2D eigenvalue weighted by molar-refractivity contribution is -0.0234. The summed E-state index contributed by atoms with van der Waals surface area (Å²) in [5, 5.41) is 13.9. The lowest BCUT2D eigenvalue weighted by Crippen LogP contribution is -2.38. The highest BCUT2D eigenvalue weighted by molar-refractivity contribution is 4.88. The third-order valence-corrected chi connectivity index (χ3v) is 4.40. The predicted octanol–water partition coefficient (Wildman–Crippen LogP) is 2.32. The van der Waals surface area contributed by atoms with Gasteiger partial charge in [0.2, 0.25) is 0 Å². The van der Waals surface area contributed by atoms with Gasteiger partial charge in [-0.2, -0.15) is 0 Å². The van der Waals surface area contributed by atoms with E-state index in [1.54, 1.807) is 0 Å². The third kappa shape index (κ3) is 2.94. The van der Waals surface area contributed by atoms with Crippen molar-refractivity contribution in [3.63, 3.8) is 0 Å². The van der Waals surface area contributed by atoms with Gasteiger partial charge in [0.25, 0.3) is 0 Å². The molecule has 15 heavy (non-hydrogen) atoms. The maximum atomic E-state index is 10.5. The van der Waals surface area contributed by atoms with Crippen LogP contribution in [0.4, 0.5) is 0 Å². The molecule has 2 rings (SSSR count). The molecule has 0 spiro atoms. The van der Waals surface area contributed by atoms with Gasteiger partial charge < -0.3 is 10.4 Å². The van der Waals surface area contributed by atoms with Gasteiger partial charge in [0.05, 0.1) is 5.60 Å². The van der Waals surface area contributed by atoms with E-state index in [4.69, 9.17) is 0 Å². The minimum absolute atomic E-state index is 0.390. The summed E-state index contributed by atoms with van der Waals surface area (Å²) in [5.74, 6) is 1.33. The molecule has 88 valence electrons. The van der Waals surface area contributed by atoms with Crippen LogP contribution in [0, 0.1) is 11.8 Å². The number of piperidine rings is 1. The normalized spacial score (nSPS) is 29.2. The van der Waals surface area contributed by atoms with Crippen LogP contribution in [0.5, 0.6) is 0 Å². The average molecular weight is 211 g/mol. The molecule has 0 aromatic heterocycles. The van der Waals surface area contributed by atoms with Crippen LogP contribution in [0.3, 0.4) is 0 Å². The molecule has 0 amide bonds. The number of hydrogen-bond donors (Lipinski definition) is 2. The van der Waals surface area contributed by atoms with E-state index in [1.165, 1.54) is 38.5 Å². The van der Waals surface area contributed by atoms with Crippen LogP contribution in [0.2, 0.25) is 0 Å². The van der Waals surface area contributed by atoms with Crippen molar-refractivity contribution in [2.45, 2.75) is 57.5 Å². The van der Waals surface area contributed by atoms with Crippen LogP contribution in [-0.2, 0) is 0 Å². The Bertz CT molecular complexity index is 191. The van der Waals surface area contributed by atoms with Crippen LogP contribution < -0.4 is 5.32 Å². The predicted molar refractivity (Wildman–Crippen MR) is 62.8 cm³/mol. The van der Waals surface area contributed by atoms with Crippen molar-refractivity contribution in [2.75, 3.05) is 13.1 Å².